The highest BCUT2D eigenvalue weighted by Gasteiger charge is 2.22. The van der Waals surface area contributed by atoms with E-state index >= 15 is 0 Å². The second kappa shape index (κ2) is 6.62. The average Bonchev–Trinajstić information content (AvgIpc) is 2.30. The molecule has 1 aromatic rings. The van der Waals surface area contributed by atoms with Gasteiger partial charge in [-0.3, -0.25) is 0 Å². The third-order valence-corrected chi connectivity index (χ3v) is 2.92. The summed E-state index contributed by atoms with van der Waals surface area (Å²) < 4.78 is 5.38. The molecule has 3 nitrogen and oxygen atoms in total. The van der Waals surface area contributed by atoms with Crippen molar-refractivity contribution in [3.05, 3.63) is 29.8 Å². The van der Waals surface area contributed by atoms with E-state index in [-0.39, 0.29) is 6.04 Å². The lowest BCUT2D eigenvalue weighted by Crippen LogP contribution is -2.36. The van der Waals surface area contributed by atoms with E-state index < -0.39 is 6.10 Å². The molecular weight excluding hydrogens is 214 g/mol. The fourth-order valence-electron chi connectivity index (χ4n) is 1.99. The van der Waals surface area contributed by atoms with Gasteiger partial charge in [-0.1, -0.05) is 26.0 Å². The van der Waals surface area contributed by atoms with Crippen molar-refractivity contribution < 1.29 is 9.84 Å². The summed E-state index contributed by atoms with van der Waals surface area (Å²) in [5, 5.41) is 13.4. The van der Waals surface area contributed by atoms with Crippen LogP contribution in [0, 0.1) is 5.92 Å². The molecule has 0 aromatic heterocycles. The zero-order valence-electron chi connectivity index (χ0n) is 11.1. The molecule has 2 unspecified atom stereocenters. The molecule has 0 saturated carbocycles. The third-order valence-electron chi connectivity index (χ3n) is 2.92. The highest BCUT2D eigenvalue weighted by molar-refractivity contribution is 5.29. The Morgan fingerprint density at radius 2 is 1.82 bits per heavy atom. The van der Waals surface area contributed by atoms with E-state index in [0.29, 0.717) is 12.5 Å². The van der Waals surface area contributed by atoms with E-state index in [1.54, 1.807) is 0 Å². The van der Waals surface area contributed by atoms with Crippen LogP contribution in [0.4, 0.5) is 0 Å². The molecule has 0 aliphatic rings. The first-order valence-electron chi connectivity index (χ1n) is 6.18. The minimum atomic E-state index is -0.490. The van der Waals surface area contributed by atoms with Crippen LogP contribution in [0.3, 0.4) is 0 Å². The Morgan fingerprint density at radius 1 is 1.24 bits per heavy atom. The van der Waals surface area contributed by atoms with Crippen molar-refractivity contribution in [2.75, 3.05) is 13.7 Å². The molecule has 0 fully saturated rings. The maximum atomic E-state index is 10.3. The number of likely N-dealkylation sites (N-methyl/N-ethyl adjacent to an activating group) is 1. The maximum Gasteiger partial charge on any atom is 0.119 e. The first-order valence-corrected chi connectivity index (χ1v) is 6.18. The molecule has 0 spiro atoms. The summed E-state index contributed by atoms with van der Waals surface area (Å²) in [5.41, 5.74) is 0.918. The van der Waals surface area contributed by atoms with Crippen LogP contribution < -0.4 is 10.1 Å². The Morgan fingerprint density at radius 3 is 2.24 bits per heavy atom. The molecule has 2 atom stereocenters. The second-order valence-corrected chi connectivity index (χ2v) is 4.51. The number of aliphatic hydroxyl groups is 1. The van der Waals surface area contributed by atoms with Crippen molar-refractivity contribution in [3.8, 4) is 5.75 Å². The fraction of sp³-hybridized carbons (Fsp3) is 0.571. The number of rotatable bonds is 6. The van der Waals surface area contributed by atoms with Gasteiger partial charge in [-0.25, -0.2) is 0 Å². The fourth-order valence-corrected chi connectivity index (χ4v) is 1.99. The van der Waals surface area contributed by atoms with E-state index in [9.17, 15) is 5.11 Å². The largest absolute Gasteiger partial charge is 0.494 e. The molecule has 0 saturated heterocycles. The SMILES string of the molecule is CCOc1ccc(C(O)C(NC)C(C)C)cc1. The zero-order chi connectivity index (χ0) is 12.8. The van der Waals surface area contributed by atoms with Crippen LogP contribution >= 0.6 is 0 Å². The van der Waals surface area contributed by atoms with E-state index in [4.69, 9.17) is 4.74 Å². The summed E-state index contributed by atoms with van der Waals surface area (Å²) in [6.07, 6.45) is -0.490. The van der Waals surface area contributed by atoms with Gasteiger partial charge < -0.3 is 15.2 Å². The molecular formula is C14H23NO2. The summed E-state index contributed by atoms with van der Waals surface area (Å²) in [5.74, 6) is 1.22. The number of benzene rings is 1. The lowest BCUT2D eigenvalue weighted by atomic mass is 9.93. The van der Waals surface area contributed by atoms with Crippen molar-refractivity contribution >= 4 is 0 Å². The molecule has 2 N–H and O–H groups in total. The van der Waals surface area contributed by atoms with Gasteiger partial charge in [-0.05, 0) is 37.6 Å². The first-order chi connectivity index (χ1) is 8.10. The van der Waals surface area contributed by atoms with Crippen LogP contribution in [-0.4, -0.2) is 24.8 Å². The van der Waals surface area contributed by atoms with Crippen LogP contribution in [0.15, 0.2) is 24.3 Å². The lowest BCUT2D eigenvalue weighted by Gasteiger charge is -2.26. The quantitative estimate of drug-likeness (QED) is 0.798. The summed E-state index contributed by atoms with van der Waals surface area (Å²) >= 11 is 0. The molecule has 0 heterocycles. The molecule has 0 aliphatic carbocycles. The number of nitrogens with one attached hydrogen (secondary N) is 1. The average molecular weight is 237 g/mol. The van der Waals surface area contributed by atoms with Crippen LogP contribution in [0.2, 0.25) is 0 Å². The van der Waals surface area contributed by atoms with Gasteiger partial charge in [0.1, 0.15) is 5.75 Å². The molecule has 1 aromatic carbocycles. The minimum Gasteiger partial charge on any atom is -0.494 e. The molecule has 0 amide bonds. The monoisotopic (exact) mass is 237 g/mol. The predicted octanol–water partition coefficient (Wildman–Crippen LogP) is 2.36. The van der Waals surface area contributed by atoms with Crippen molar-refractivity contribution in [1.82, 2.24) is 5.32 Å². The second-order valence-electron chi connectivity index (χ2n) is 4.51. The van der Waals surface area contributed by atoms with Gasteiger partial charge in [-0.2, -0.15) is 0 Å². The van der Waals surface area contributed by atoms with E-state index in [1.165, 1.54) is 0 Å². The number of hydrogen-bond acceptors (Lipinski definition) is 3. The van der Waals surface area contributed by atoms with E-state index in [2.05, 4.69) is 19.2 Å². The highest BCUT2D eigenvalue weighted by Crippen LogP contribution is 2.23. The van der Waals surface area contributed by atoms with Gasteiger partial charge in [-0.15, -0.1) is 0 Å². The third kappa shape index (κ3) is 3.72. The van der Waals surface area contributed by atoms with Gasteiger partial charge in [0.2, 0.25) is 0 Å². The molecule has 0 radical (unpaired) electrons. The molecule has 1 rings (SSSR count). The van der Waals surface area contributed by atoms with Crippen molar-refractivity contribution in [3.63, 3.8) is 0 Å². The van der Waals surface area contributed by atoms with E-state index in [0.717, 1.165) is 11.3 Å². The van der Waals surface area contributed by atoms with Gasteiger partial charge in [0.05, 0.1) is 12.7 Å². The highest BCUT2D eigenvalue weighted by atomic mass is 16.5. The van der Waals surface area contributed by atoms with Crippen molar-refractivity contribution in [2.45, 2.75) is 32.9 Å². The van der Waals surface area contributed by atoms with Gasteiger partial charge >= 0.3 is 0 Å². The summed E-state index contributed by atoms with van der Waals surface area (Å²) in [7, 11) is 1.88. The molecule has 17 heavy (non-hydrogen) atoms. The standard InChI is InChI=1S/C14H23NO2/c1-5-17-12-8-6-11(7-9-12)14(16)13(15-4)10(2)3/h6-10,13-16H,5H2,1-4H3. The maximum absolute atomic E-state index is 10.3. The Kier molecular flexibility index (Phi) is 5.45. The first kappa shape index (κ1) is 14.0. The van der Waals surface area contributed by atoms with Crippen molar-refractivity contribution in [2.24, 2.45) is 5.92 Å². The normalized spacial score (nSPS) is 14.7. The van der Waals surface area contributed by atoms with Crippen molar-refractivity contribution in [1.29, 1.82) is 0 Å². The Balaban J connectivity index is 2.77. The van der Waals surface area contributed by atoms with Crippen LogP contribution in [0.1, 0.15) is 32.4 Å². The topological polar surface area (TPSA) is 41.5 Å². The predicted molar refractivity (Wildman–Crippen MR) is 70.3 cm³/mol. The molecule has 96 valence electrons. The lowest BCUT2D eigenvalue weighted by molar-refractivity contribution is 0.110. The van der Waals surface area contributed by atoms with Gasteiger partial charge in [0.15, 0.2) is 0 Å². The number of hydrogen-bond donors (Lipinski definition) is 2. The number of aliphatic hydroxyl groups excluding tert-OH is 1. The minimum absolute atomic E-state index is 0.0629. The van der Waals surface area contributed by atoms with E-state index in [1.807, 2.05) is 38.2 Å². The molecule has 3 heteroatoms. The molecule has 0 aliphatic heterocycles. The number of ether oxygens (including phenoxy) is 1. The Hall–Kier alpha value is -1.06. The Labute approximate surface area is 104 Å². The Bertz CT molecular complexity index is 321. The van der Waals surface area contributed by atoms with Gasteiger partial charge in [0.25, 0.3) is 0 Å². The van der Waals surface area contributed by atoms with Gasteiger partial charge in [0, 0.05) is 6.04 Å². The molecule has 0 bridgehead atoms. The summed E-state index contributed by atoms with van der Waals surface area (Å²) in [6.45, 7) is 6.81. The zero-order valence-corrected chi connectivity index (χ0v) is 11.1. The van der Waals surface area contributed by atoms with Crippen LogP contribution in [0.25, 0.3) is 0 Å². The smallest absolute Gasteiger partial charge is 0.119 e. The van der Waals surface area contributed by atoms with Crippen LogP contribution in [-0.2, 0) is 0 Å². The van der Waals surface area contributed by atoms with Crippen LogP contribution in [0.5, 0.6) is 5.75 Å². The summed E-state index contributed by atoms with van der Waals surface area (Å²) in [6, 6.07) is 7.70. The summed E-state index contributed by atoms with van der Waals surface area (Å²) in [4.78, 5) is 0.